The quantitative estimate of drug-likeness (QED) is 0.414. The van der Waals surface area contributed by atoms with Crippen molar-refractivity contribution in [1.82, 2.24) is 14.9 Å². The summed E-state index contributed by atoms with van der Waals surface area (Å²) in [6.45, 7) is 0.574. The maximum Gasteiger partial charge on any atom is 0.490 e. The third-order valence-corrected chi connectivity index (χ3v) is 4.97. The minimum absolute atomic E-state index is 0.0626. The van der Waals surface area contributed by atoms with Gasteiger partial charge in [-0.1, -0.05) is 0 Å². The zero-order chi connectivity index (χ0) is 20.7. The van der Waals surface area contributed by atoms with Crippen LogP contribution >= 0.6 is 0 Å². The first-order valence-electron chi connectivity index (χ1n) is 7.50. The molecule has 0 spiro atoms. The van der Waals surface area contributed by atoms with Gasteiger partial charge >= 0.3 is 18.1 Å². The summed E-state index contributed by atoms with van der Waals surface area (Å²) in [6.07, 6.45) is -3.58. The van der Waals surface area contributed by atoms with Crippen LogP contribution in [0.5, 0.6) is 0 Å². The van der Waals surface area contributed by atoms with E-state index in [1.165, 1.54) is 4.90 Å². The summed E-state index contributed by atoms with van der Waals surface area (Å²) in [6, 6.07) is -0.380. The van der Waals surface area contributed by atoms with Crippen LogP contribution in [0.2, 0.25) is 0 Å². The SMILES string of the molecule is CS(=O)(=O)NCC1=C(C(=O)O)N2C(=O)[C@H]3NC[C@@H](C1)[C@H]32.O=C(O)C(F)(F)F. The van der Waals surface area contributed by atoms with E-state index in [4.69, 9.17) is 9.90 Å². The number of carboxylic acid groups (broad SMARTS) is 2. The number of aliphatic carboxylic acids is 2. The van der Waals surface area contributed by atoms with E-state index in [1.54, 1.807) is 0 Å². The molecular weight excluding hydrogens is 399 g/mol. The second-order valence-electron chi connectivity index (χ2n) is 6.20. The third kappa shape index (κ3) is 4.39. The maximum atomic E-state index is 11.9. The average Bonchev–Trinajstić information content (AvgIpc) is 2.91. The van der Waals surface area contributed by atoms with Crippen molar-refractivity contribution in [3.05, 3.63) is 11.3 Å². The summed E-state index contributed by atoms with van der Waals surface area (Å²) in [4.78, 5) is 33.6. The van der Waals surface area contributed by atoms with Gasteiger partial charge in [-0.25, -0.2) is 22.7 Å². The van der Waals surface area contributed by atoms with E-state index in [-0.39, 0.29) is 36.2 Å². The highest BCUT2D eigenvalue weighted by molar-refractivity contribution is 7.88. The van der Waals surface area contributed by atoms with Gasteiger partial charge in [0.15, 0.2) is 0 Å². The Labute approximate surface area is 151 Å². The Balaban J connectivity index is 0.000000321. The van der Waals surface area contributed by atoms with E-state index in [0.717, 1.165) is 6.26 Å². The second-order valence-corrected chi connectivity index (χ2v) is 8.04. The normalized spacial score (nSPS) is 26.7. The molecule has 0 saturated carbocycles. The van der Waals surface area contributed by atoms with Crippen LogP contribution in [-0.4, -0.2) is 79.0 Å². The molecule has 1 amide bonds. The maximum absolute atomic E-state index is 11.9. The highest BCUT2D eigenvalue weighted by Gasteiger charge is 2.59. The van der Waals surface area contributed by atoms with E-state index in [9.17, 15) is 36.3 Å². The number of alkyl halides is 3. The molecular formula is C13H16F3N3O7S. The second kappa shape index (κ2) is 7.09. The van der Waals surface area contributed by atoms with Gasteiger partial charge in [0, 0.05) is 13.1 Å². The molecule has 0 aromatic heterocycles. The van der Waals surface area contributed by atoms with Gasteiger partial charge in [-0.15, -0.1) is 0 Å². The predicted molar refractivity (Wildman–Crippen MR) is 81.7 cm³/mol. The molecule has 3 aliphatic rings. The summed E-state index contributed by atoms with van der Waals surface area (Å²) in [5, 5.41) is 19.5. The molecule has 4 N–H and O–H groups in total. The molecule has 2 saturated heterocycles. The molecule has 0 unspecified atom stereocenters. The lowest BCUT2D eigenvalue weighted by molar-refractivity contribution is -0.192. The van der Waals surface area contributed by atoms with Crippen molar-refractivity contribution in [1.29, 1.82) is 0 Å². The van der Waals surface area contributed by atoms with Crippen molar-refractivity contribution < 1.29 is 46.2 Å². The van der Waals surface area contributed by atoms with E-state index in [0.29, 0.717) is 18.5 Å². The molecule has 14 heteroatoms. The van der Waals surface area contributed by atoms with Crippen LogP contribution in [-0.2, 0) is 24.4 Å². The third-order valence-electron chi connectivity index (χ3n) is 4.30. The topological polar surface area (TPSA) is 153 Å². The Morgan fingerprint density at radius 2 is 1.89 bits per heavy atom. The van der Waals surface area contributed by atoms with E-state index >= 15 is 0 Å². The Kier molecular flexibility index (Phi) is 5.54. The number of carbonyl (C=O) groups is 3. The van der Waals surface area contributed by atoms with Crippen LogP contribution in [0.1, 0.15) is 6.42 Å². The minimum atomic E-state index is -5.08. The minimum Gasteiger partial charge on any atom is -0.477 e. The molecule has 3 atom stereocenters. The Morgan fingerprint density at radius 1 is 1.33 bits per heavy atom. The zero-order valence-electron chi connectivity index (χ0n) is 13.8. The molecule has 3 rings (SSSR count). The van der Waals surface area contributed by atoms with E-state index in [2.05, 4.69) is 10.0 Å². The van der Waals surface area contributed by atoms with Crippen molar-refractivity contribution >= 4 is 27.9 Å². The summed E-state index contributed by atoms with van der Waals surface area (Å²) in [5.41, 5.74) is 0.395. The molecule has 152 valence electrons. The predicted octanol–water partition coefficient (Wildman–Crippen LogP) is -1.29. The largest absolute Gasteiger partial charge is 0.490 e. The molecule has 0 aliphatic carbocycles. The first-order valence-corrected chi connectivity index (χ1v) is 9.39. The standard InChI is InChI=1S/C11H15N3O5S.C2HF3O2/c1-20(18,19)13-4-6-2-5-3-12-7-8(5)14(10(7)15)9(6)11(16)17;3-2(4,5)1(6)7/h5,7-8,12-13H,2-4H2,1H3,(H,16,17);(H,6,7)/t5-,7+,8-;/m1./s1. The summed E-state index contributed by atoms with van der Waals surface area (Å²) < 4.78 is 56.4. The number of carbonyl (C=O) groups excluding carboxylic acids is 1. The fourth-order valence-electron chi connectivity index (χ4n) is 3.26. The number of rotatable bonds is 4. The van der Waals surface area contributed by atoms with Crippen molar-refractivity contribution in [2.24, 2.45) is 5.92 Å². The molecule has 2 fully saturated rings. The van der Waals surface area contributed by atoms with Crippen molar-refractivity contribution in [3.8, 4) is 0 Å². The van der Waals surface area contributed by atoms with Crippen LogP contribution in [0.3, 0.4) is 0 Å². The van der Waals surface area contributed by atoms with Gasteiger partial charge < -0.3 is 15.5 Å². The fraction of sp³-hybridized carbons (Fsp3) is 0.615. The number of nitrogens with zero attached hydrogens (tertiary/aromatic N) is 1. The van der Waals surface area contributed by atoms with Crippen molar-refractivity contribution in [2.45, 2.75) is 24.7 Å². The Morgan fingerprint density at radius 3 is 2.33 bits per heavy atom. The number of sulfonamides is 1. The number of carboxylic acids is 2. The molecule has 3 aliphatic heterocycles. The van der Waals surface area contributed by atoms with Crippen LogP contribution in [0.4, 0.5) is 13.2 Å². The van der Waals surface area contributed by atoms with Crippen LogP contribution < -0.4 is 10.0 Å². The summed E-state index contributed by atoms with van der Waals surface area (Å²) in [7, 11) is -3.41. The highest BCUT2D eigenvalue weighted by Crippen LogP contribution is 2.42. The van der Waals surface area contributed by atoms with Gasteiger partial charge in [-0.05, 0) is 17.9 Å². The number of β-lactam (4-membered cyclic amide) rings is 1. The molecule has 3 heterocycles. The highest BCUT2D eigenvalue weighted by atomic mass is 32.2. The molecule has 10 nitrogen and oxygen atoms in total. The monoisotopic (exact) mass is 415 g/mol. The Hall–Kier alpha value is -2.19. The summed E-state index contributed by atoms with van der Waals surface area (Å²) in [5.74, 6) is -4.04. The molecule has 0 bridgehead atoms. The van der Waals surface area contributed by atoms with Crippen molar-refractivity contribution in [2.75, 3.05) is 19.3 Å². The molecule has 0 aromatic carbocycles. The number of halogens is 3. The number of hydrogen-bond acceptors (Lipinski definition) is 6. The number of amides is 1. The molecule has 0 aromatic rings. The van der Waals surface area contributed by atoms with Crippen LogP contribution in [0, 0.1) is 5.92 Å². The Bertz CT molecular complexity index is 808. The zero-order valence-corrected chi connectivity index (χ0v) is 14.6. The van der Waals surface area contributed by atoms with Gasteiger partial charge in [-0.3, -0.25) is 9.69 Å². The van der Waals surface area contributed by atoms with Crippen LogP contribution in [0.15, 0.2) is 11.3 Å². The van der Waals surface area contributed by atoms with E-state index in [1.807, 2.05) is 0 Å². The van der Waals surface area contributed by atoms with Gasteiger partial charge in [0.2, 0.25) is 15.9 Å². The van der Waals surface area contributed by atoms with Gasteiger partial charge in [0.1, 0.15) is 11.7 Å². The van der Waals surface area contributed by atoms with Gasteiger partial charge in [-0.2, -0.15) is 13.2 Å². The average molecular weight is 415 g/mol. The lowest BCUT2D eigenvalue weighted by atomic mass is 9.79. The first-order chi connectivity index (χ1) is 12.2. The molecule has 27 heavy (non-hydrogen) atoms. The van der Waals surface area contributed by atoms with Crippen molar-refractivity contribution in [3.63, 3.8) is 0 Å². The first kappa shape index (κ1) is 21.1. The van der Waals surface area contributed by atoms with Crippen LogP contribution in [0.25, 0.3) is 0 Å². The van der Waals surface area contributed by atoms with E-state index < -0.39 is 28.1 Å². The van der Waals surface area contributed by atoms with Gasteiger partial charge in [0.25, 0.3) is 0 Å². The number of hydrogen-bond donors (Lipinski definition) is 4. The smallest absolute Gasteiger partial charge is 0.477 e. The molecule has 0 radical (unpaired) electrons. The lowest BCUT2D eigenvalue weighted by Crippen LogP contribution is -2.68. The van der Waals surface area contributed by atoms with Gasteiger partial charge in [0.05, 0.1) is 12.3 Å². The fourth-order valence-corrected chi connectivity index (χ4v) is 3.70. The number of nitrogens with one attached hydrogen (secondary N) is 2. The summed E-state index contributed by atoms with van der Waals surface area (Å²) >= 11 is 0. The lowest BCUT2D eigenvalue weighted by Gasteiger charge is -2.48.